The Morgan fingerprint density at radius 3 is 2.46 bits per heavy atom. The molecule has 0 spiro atoms. The average molecular weight is 219 g/mol. The zero-order valence-electron chi connectivity index (χ0n) is 6.97. The predicted octanol–water partition coefficient (Wildman–Crippen LogP) is 2.75. The summed E-state index contributed by atoms with van der Waals surface area (Å²) in [5.41, 5.74) is 0.534. The molecule has 70 valence electrons. The van der Waals surface area contributed by atoms with E-state index in [0.29, 0.717) is 12.2 Å². The van der Waals surface area contributed by atoms with Crippen LogP contribution >= 0.6 is 23.2 Å². The molecule has 3 nitrogen and oxygen atoms in total. The van der Waals surface area contributed by atoms with E-state index in [2.05, 4.69) is 4.98 Å². The van der Waals surface area contributed by atoms with Gasteiger partial charge in [-0.2, -0.15) is 0 Å². The van der Waals surface area contributed by atoms with Crippen LogP contribution in [0.3, 0.4) is 0 Å². The highest BCUT2D eigenvalue weighted by molar-refractivity contribution is 6.32. The molecule has 0 aliphatic heterocycles. The van der Waals surface area contributed by atoms with E-state index in [1.54, 1.807) is 6.92 Å². The molecule has 0 unspecified atom stereocenters. The Kier molecular flexibility index (Phi) is 3.51. The Morgan fingerprint density at radius 1 is 1.46 bits per heavy atom. The van der Waals surface area contributed by atoms with Crippen LogP contribution in [0.25, 0.3) is 0 Å². The molecule has 0 aliphatic carbocycles. The van der Waals surface area contributed by atoms with Crippen LogP contribution in [0.15, 0.2) is 12.1 Å². The van der Waals surface area contributed by atoms with Crippen molar-refractivity contribution < 1.29 is 4.74 Å². The lowest BCUT2D eigenvalue weighted by atomic mass is 10.3. The number of nitrogens with one attached hydrogen (secondary N) is 1. The average Bonchev–Trinajstić information content (AvgIpc) is 2.03. The van der Waals surface area contributed by atoms with E-state index in [1.807, 2.05) is 0 Å². The summed E-state index contributed by atoms with van der Waals surface area (Å²) in [6.07, 6.45) is 0. The van der Waals surface area contributed by atoms with Gasteiger partial charge in [-0.1, -0.05) is 23.2 Å². The highest BCUT2D eigenvalue weighted by atomic mass is 35.5. The Hall–Kier alpha value is -0.800. The van der Waals surface area contributed by atoms with Crippen LogP contribution in [-0.4, -0.2) is 17.5 Å². The predicted molar refractivity (Wildman–Crippen MR) is 52.7 cm³/mol. The normalized spacial score (nSPS) is 9.77. The number of nitrogens with zero attached hydrogens (tertiary/aromatic N) is 1. The third kappa shape index (κ3) is 2.86. The standard InChI is InChI=1S/C8H8Cl2N2O/c1-2-13-8(11)5-3-6(9)12-7(10)4-5/h3-4,11H,2H2,1H3. The van der Waals surface area contributed by atoms with Gasteiger partial charge in [0.25, 0.3) is 0 Å². The van der Waals surface area contributed by atoms with E-state index in [0.717, 1.165) is 0 Å². The van der Waals surface area contributed by atoms with Crippen molar-refractivity contribution in [2.45, 2.75) is 6.92 Å². The maximum atomic E-state index is 7.46. The van der Waals surface area contributed by atoms with E-state index in [-0.39, 0.29) is 16.2 Å². The van der Waals surface area contributed by atoms with Crippen molar-refractivity contribution in [2.24, 2.45) is 0 Å². The van der Waals surface area contributed by atoms with Crippen LogP contribution in [0.5, 0.6) is 0 Å². The van der Waals surface area contributed by atoms with Crippen molar-refractivity contribution in [1.29, 1.82) is 5.41 Å². The monoisotopic (exact) mass is 218 g/mol. The van der Waals surface area contributed by atoms with Gasteiger partial charge in [-0.3, -0.25) is 5.41 Å². The molecular formula is C8H8Cl2N2O. The topological polar surface area (TPSA) is 46.0 Å². The third-order valence-electron chi connectivity index (χ3n) is 1.31. The highest BCUT2D eigenvalue weighted by Gasteiger charge is 2.05. The first-order chi connectivity index (χ1) is 6.13. The van der Waals surface area contributed by atoms with Gasteiger partial charge in [-0.25, -0.2) is 4.98 Å². The molecule has 1 heterocycles. The minimum Gasteiger partial charge on any atom is -0.478 e. The summed E-state index contributed by atoms with van der Waals surface area (Å²) >= 11 is 11.3. The molecule has 0 radical (unpaired) electrons. The number of aromatic nitrogens is 1. The van der Waals surface area contributed by atoms with Crippen LogP contribution in [-0.2, 0) is 4.74 Å². The zero-order valence-corrected chi connectivity index (χ0v) is 8.49. The molecule has 5 heteroatoms. The molecule has 0 atom stereocenters. The number of halogens is 2. The Bertz CT molecular complexity index is 308. The minimum atomic E-state index is 0.0497. The van der Waals surface area contributed by atoms with E-state index >= 15 is 0 Å². The van der Waals surface area contributed by atoms with Gasteiger partial charge in [-0.15, -0.1) is 0 Å². The Labute approximate surface area is 86.2 Å². The van der Waals surface area contributed by atoms with E-state index in [9.17, 15) is 0 Å². The lowest BCUT2D eigenvalue weighted by Crippen LogP contribution is -2.04. The van der Waals surface area contributed by atoms with Crippen molar-refractivity contribution in [3.8, 4) is 0 Å². The van der Waals surface area contributed by atoms with Crippen LogP contribution in [0.1, 0.15) is 12.5 Å². The van der Waals surface area contributed by atoms with Crippen molar-refractivity contribution in [3.05, 3.63) is 28.0 Å². The second kappa shape index (κ2) is 4.44. The molecule has 0 fully saturated rings. The van der Waals surface area contributed by atoms with Gasteiger partial charge in [0.1, 0.15) is 10.3 Å². The summed E-state index contributed by atoms with van der Waals surface area (Å²) in [5.74, 6) is 0.0497. The van der Waals surface area contributed by atoms with Gasteiger partial charge in [0.05, 0.1) is 6.61 Å². The molecule has 1 aromatic heterocycles. The van der Waals surface area contributed by atoms with Gasteiger partial charge in [-0.05, 0) is 19.1 Å². The molecule has 0 bridgehead atoms. The zero-order chi connectivity index (χ0) is 9.84. The molecule has 0 amide bonds. The number of pyridine rings is 1. The fraction of sp³-hybridized carbons (Fsp3) is 0.250. The molecule has 13 heavy (non-hydrogen) atoms. The van der Waals surface area contributed by atoms with Crippen molar-refractivity contribution in [2.75, 3.05) is 6.61 Å². The highest BCUT2D eigenvalue weighted by Crippen LogP contribution is 2.15. The van der Waals surface area contributed by atoms with Crippen molar-refractivity contribution >= 4 is 29.1 Å². The first-order valence-electron chi connectivity index (χ1n) is 3.68. The lowest BCUT2D eigenvalue weighted by molar-refractivity contribution is 0.325. The fourth-order valence-electron chi connectivity index (χ4n) is 0.824. The maximum absolute atomic E-state index is 7.46. The van der Waals surface area contributed by atoms with E-state index < -0.39 is 0 Å². The second-order valence-corrected chi connectivity index (χ2v) is 3.04. The number of hydrogen-bond acceptors (Lipinski definition) is 3. The largest absolute Gasteiger partial charge is 0.478 e. The smallest absolute Gasteiger partial charge is 0.213 e. The number of rotatable bonds is 2. The maximum Gasteiger partial charge on any atom is 0.213 e. The summed E-state index contributed by atoms with van der Waals surface area (Å²) in [5, 5.41) is 7.97. The molecule has 0 aromatic carbocycles. The summed E-state index contributed by atoms with van der Waals surface area (Å²) in [6, 6.07) is 3.07. The first kappa shape index (κ1) is 10.3. The molecule has 0 saturated heterocycles. The molecule has 0 saturated carbocycles. The summed E-state index contributed by atoms with van der Waals surface area (Å²) < 4.78 is 4.98. The molecule has 1 N–H and O–H groups in total. The quantitative estimate of drug-likeness (QED) is 0.472. The van der Waals surface area contributed by atoms with Gasteiger partial charge in [0.2, 0.25) is 5.90 Å². The molecule has 1 aromatic rings. The lowest BCUT2D eigenvalue weighted by Gasteiger charge is -2.04. The molecular weight excluding hydrogens is 211 g/mol. The fourth-order valence-corrected chi connectivity index (χ4v) is 1.28. The van der Waals surface area contributed by atoms with Gasteiger partial charge >= 0.3 is 0 Å². The van der Waals surface area contributed by atoms with Crippen molar-refractivity contribution in [3.63, 3.8) is 0 Å². The summed E-state index contributed by atoms with van der Waals surface area (Å²) in [6.45, 7) is 2.25. The summed E-state index contributed by atoms with van der Waals surface area (Å²) in [7, 11) is 0. The van der Waals surface area contributed by atoms with Gasteiger partial charge in [0, 0.05) is 5.56 Å². The van der Waals surface area contributed by atoms with Gasteiger partial charge in [0.15, 0.2) is 0 Å². The minimum absolute atomic E-state index is 0.0497. The van der Waals surface area contributed by atoms with Crippen LogP contribution in [0, 0.1) is 5.41 Å². The molecule has 1 rings (SSSR count). The third-order valence-corrected chi connectivity index (χ3v) is 1.70. The van der Waals surface area contributed by atoms with Crippen LogP contribution in [0.4, 0.5) is 0 Å². The SMILES string of the molecule is CCOC(=N)c1cc(Cl)nc(Cl)c1. The molecule has 0 aliphatic rings. The van der Waals surface area contributed by atoms with E-state index in [1.165, 1.54) is 12.1 Å². The number of ether oxygens (including phenoxy) is 1. The number of hydrogen-bond donors (Lipinski definition) is 1. The summed E-state index contributed by atoms with van der Waals surface area (Å²) in [4.78, 5) is 3.76. The van der Waals surface area contributed by atoms with Gasteiger partial charge < -0.3 is 4.74 Å². The second-order valence-electron chi connectivity index (χ2n) is 2.26. The Balaban J connectivity index is 2.94. The van der Waals surface area contributed by atoms with E-state index in [4.69, 9.17) is 33.3 Å². The van der Waals surface area contributed by atoms with Crippen LogP contribution in [0.2, 0.25) is 10.3 Å². The van der Waals surface area contributed by atoms with Crippen LogP contribution < -0.4 is 0 Å². The Morgan fingerprint density at radius 2 is 2.00 bits per heavy atom. The van der Waals surface area contributed by atoms with Crippen molar-refractivity contribution in [1.82, 2.24) is 4.98 Å². The first-order valence-corrected chi connectivity index (χ1v) is 4.44.